The second-order valence-corrected chi connectivity index (χ2v) is 5.07. The van der Waals surface area contributed by atoms with Crippen LogP contribution in [0.1, 0.15) is 0 Å². The van der Waals surface area contributed by atoms with Gasteiger partial charge in [-0.25, -0.2) is 0 Å². The Morgan fingerprint density at radius 2 is 1.76 bits per heavy atom. The first-order valence-corrected chi connectivity index (χ1v) is 7.13. The molecule has 21 heavy (non-hydrogen) atoms. The van der Waals surface area contributed by atoms with E-state index < -0.39 is 0 Å². The Labute approximate surface area is 122 Å². The minimum Gasteiger partial charge on any atom is -0.354 e. The number of hydrogen-bond donors (Lipinski definition) is 3. The zero-order chi connectivity index (χ0) is 14.1. The van der Waals surface area contributed by atoms with Gasteiger partial charge >= 0.3 is 0 Å². The Morgan fingerprint density at radius 3 is 2.57 bits per heavy atom. The number of fused-ring (bicyclic) bond motifs is 1. The average Bonchev–Trinajstić information content (AvgIpc) is 3.17. The summed E-state index contributed by atoms with van der Waals surface area (Å²) < 4.78 is 0. The lowest BCUT2D eigenvalue weighted by molar-refractivity contribution is 0.959. The molecule has 1 aliphatic rings. The van der Waals surface area contributed by atoms with E-state index >= 15 is 0 Å². The van der Waals surface area contributed by atoms with Gasteiger partial charge in [0.1, 0.15) is 0 Å². The normalized spacial score (nSPS) is 14.0. The highest BCUT2D eigenvalue weighted by atomic mass is 15.2. The van der Waals surface area contributed by atoms with Crippen LogP contribution in [0.3, 0.4) is 0 Å². The van der Waals surface area contributed by atoms with Crippen LogP contribution in [0.15, 0.2) is 59.6 Å². The van der Waals surface area contributed by atoms with Crippen LogP contribution in [-0.2, 0) is 0 Å². The van der Waals surface area contributed by atoms with Crippen LogP contribution in [0.25, 0.3) is 22.2 Å². The predicted octanol–water partition coefficient (Wildman–Crippen LogP) is 3.21. The highest BCUT2D eigenvalue weighted by Gasteiger charge is 2.15. The number of hydrogen-bond acceptors (Lipinski definition) is 3. The molecule has 4 heteroatoms. The molecule has 0 atom stereocenters. The van der Waals surface area contributed by atoms with Gasteiger partial charge in [-0.05, 0) is 6.07 Å². The van der Waals surface area contributed by atoms with Gasteiger partial charge < -0.3 is 15.6 Å². The summed E-state index contributed by atoms with van der Waals surface area (Å²) in [4.78, 5) is 7.94. The lowest BCUT2D eigenvalue weighted by Gasteiger charge is -2.09. The van der Waals surface area contributed by atoms with Gasteiger partial charge in [0.2, 0.25) is 0 Å². The molecule has 3 N–H and O–H groups in total. The molecule has 0 spiro atoms. The number of para-hydroxylation sites is 1. The van der Waals surface area contributed by atoms with Gasteiger partial charge in [0, 0.05) is 23.0 Å². The smallest absolute Gasteiger partial charge is 0.195 e. The molecule has 1 aromatic heterocycles. The van der Waals surface area contributed by atoms with Crippen molar-refractivity contribution in [1.82, 2.24) is 10.3 Å². The topological polar surface area (TPSA) is 52.2 Å². The summed E-state index contributed by atoms with van der Waals surface area (Å²) in [5.41, 5.74) is 4.45. The van der Waals surface area contributed by atoms with Crippen molar-refractivity contribution in [3.05, 3.63) is 54.6 Å². The zero-order valence-corrected chi connectivity index (χ0v) is 11.6. The minimum absolute atomic E-state index is 0.825. The number of guanidine groups is 1. The number of rotatable bonds is 2. The quantitative estimate of drug-likeness (QED) is 0.673. The van der Waals surface area contributed by atoms with E-state index in [9.17, 15) is 0 Å². The van der Waals surface area contributed by atoms with E-state index in [1.165, 1.54) is 5.39 Å². The molecule has 0 saturated heterocycles. The van der Waals surface area contributed by atoms with Crippen LogP contribution < -0.4 is 10.6 Å². The summed E-state index contributed by atoms with van der Waals surface area (Å²) in [6.45, 7) is 1.72. The molecule has 0 amide bonds. The predicted molar refractivity (Wildman–Crippen MR) is 87.7 cm³/mol. The Bertz CT molecular complexity index is 802. The monoisotopic (exact) mass is 276 g/mol. The Kier molecular flexibility index (Phi) is 2.85. The number of anilines is 1. The molecule has 104 valence electrons. The van der Waals surface area contributed by atoms with Gasteiger partial charge in [-0.2, -0.15) is 0 Å². The van der Waals surface area contributed by atoms with Gasteiger partial charge in [-0.1, -0.05) is 48.5 Å². The number of aromatic amines is 1. The van der Waals surface area contributed by atoms with E-state index in [0.717, 1.165) is 41.5 Å². The van der Waals surface area contributed by atoms with Crippen molar-refractivity contribution in [2.45, 2.75) is 0 Å². The lowest BCUT2D eigenvalue weighted by Crippen LogP contribution is -2.26. The standard InChI is InChI=1S/C17H16N4/c1-2-6-12(7-3-1)15-16(21-17-18-10-11-19-17)13-8-4-5-9-14(13)20-15/h1-9,20H,10-11H2,(H2,18,19,21). The first kappa shape index (κ1) is 12.0. The first-order valence-electron chi connectivity index (χ1n) is 7.13. The molecule has 0 unspecified atom stereocenters. The summed E-state index contributed by atoms with van der Waals surface area (Å²) in [5, 5.41) is 7.88. The van der Waals surface area contributed by atoms with E-state index in [4.69, 9.17) is 0 Å². The van der Waals surface area contributed by atoms with Crippen molar-refractivity contribution >= 4 is 22.5 Å². The molecule has 4 nitrogen and oxygen atoms in total. The van der Waals surface area contributed by atoms with E-state index in [2.05, 4.69) is 63.1 Å². The molecule has 2 aromatic carbocycles. The minimum atomic E-state index is 0.825. The van der Waals surface area contributed by atoms with Crippen LogP contribution in [0, 0.1) is 0 Å². The number of nitrogens with one attached hydrogen (secondary N) is 3. The number of aliphatic imine (C=N–C) groups is 1. The van der Waals surface area contributed by atoms with Crippen molar-refractivity contribution in [3.8, 4) is 11.3 Å². The van der Waals surface area contributed by atoms with Crippen molar-refractivity contribution in [3.63, 3.8) is 0 Å². The third-order valence-corrected chi connectivity index (χ3v) is 3.69. The van der Waals surface area contributed by atoms with Crippen LogP contribution in [-0.4, -0.2) is 24.0 Å². The maximum atomic E-state index is 4.43. The van der Waals surface area contributed by atoms with Crippen molar-refractivity contribution in [1.29, 1.82) is 0 Å². The molecule has 0 bridgehead atoms. The molecule has 2 heterocycles. The molecule has 0 aliphatic carbocycles. The molecule has 4 rings (SSSR count). The molecule has 1 aliphatic heterocycles. The zero-order valence-electron chi connectivity index (χ0n) is 11.6. The van der Waals surface area contributed by atoms with Crippen LogP contribution in [0.4, 0.5) is 5.69 Å². The van der Waals surface area contributed by atoms with E-state index in [1.54, 1.807) is 0 Å². The molecule has 0 saturated carbocycles. The summed E-state index contributed by atoms with van der Waals surface area (Å²) in [7, 11) is 0. The van der Waals surface area contributed by atoms with Crippen molar-refractivity contribution < 1.29 is 0 Å². The third-order valence-electron chi connectivity index (χ3n) is 3.69. The number of H-pyrrole nitrogens is 1. The number of aromatic nitrogens is 1. The largest absolute Gasteiger partial charge is 0.354 e. The van der Waals surface area contributed by atoms with Crippen molar-refractivity contribution in [2.75, 3.05) is 18.4 Å². The van der Waals surface area contributed by atoms with Crippen LogP contribution in [0.2, 0.25) is 0 Å². The van der Waals surface area contributed by atoms with E-state index in [0.29, 0.717) is 0 Å². The summed E-state index contributed by atoms with van der Waals surface area (Å²) in [6.07, 6.45) is 0. The lowest BCUT2D eigenvalue weighted by atomic mass is 10.1. The Morgan fingerprint density at radius 1 is 0.952 bits per heavy atom. The van der Waals surface area contributed by atoms with E-state index in [1.807, 2.05) is 12.1 Å². The van der Waals surface area contributed by atoms with Gasteiger partial charge in [-0.15, -0.1) is 0 Å². The Balaban J connectivity index is 1.88. The van der Waals surface area contributed by atoms with Gasteiger partial charge in [0.15, 0.2) is 5.96 Å². The molecule has 3 aromatic rings. The van der Waals surface area contributed by atoms with Crippen LogP contribution in [0.5, 0.6) is 0 Å². The fourth-order valence-electron chi connectivity index (χ4n) is 2.69. The average molecular weight is 276 g/mol. The summed E-state index contributed by atoms with van der Waals surface area (Å²) >= 11 is 0. The second kappa shape index (κ2) is 4.98. The second-order valence-electron chi connectivity index (χ2n) is 5.07. The summed E-state index contributed by atoms with van der Waals surface area (Å²) in [6, 6.07) is 18.7. The molecule has 0 fully saturated rings. The Hall–Kier alpha value is -2.75. The molecular weight excluding hydrogens is 260 g/mol. The van der Waals surface area contributed by atoms with E-state index in [-0.39, 0.29) is 0 Å². The SMILES string of the molecule is c1ccc(-c2[nH]c3ccccc3c2NC2=NCCN2)cc1. The first-order chi connectivity index (χ1) is 10.4. The van der Waals surface area contributed by atoms with Crippen LogP contribution >= 0.6 is 0 Å². The van der Waals surface area contributed by atoms with Gasteiger partial charge in [0.05, 0.1) is 17.9 Å². The maximum Gasteiger partial charge on any atom is 0.195 e. The van der Waals surface area contributed by atoms with Crippen molar-refractivity contribution in [2.24, 2.45) is 4.99 Å². The molecule has 0 radical (unpaired) electrons. The highest BCUT2D eigenvalue weighted by Crippen LogP contribution is 2.34. The number of nitrogens with zero attached hydrogens (tertiary/aromatic N) is 1. The fourth-order valence-corrected chi connectivity index (χ4v) is 2.69. The molecular formula is C17H16N4. The number of benzene rings is 2. The fraction of sp³-hybridized carbons (Fsp3) is 0.118. The van der Waals surface area contributed by atoms with Gasteiger partial charge in [-0.3, -0.25) is 4.99 Å². The highest BCUT2D eigenvalue weighted by molar-refractivity contribution is 6.09. The third kappa shape index (κ3) is 2.14. The summed E-state index contributed by atoms with van der Waals surface area (Å²) in [5.74, 6) is 0.844. The van der Waals surface area contributed by atoms with Gasteiger partial charge in [0.25, 0.3) is 0 Å². The maximum absolute atomic E-state index is 4.43.